The predicted molar refractivity (Wildman–Crippen MR) is 89.8 cm³/mol. The second kappa shape index (κ2) is 6.10. The van der Waals surface area contributed by atoms with Gasteiger partial charge in [0.25, 0.3) is 5.89 Å². The highest BCUT2D eigenvalue weighted by Crippen LogP contribution is 2.25. The van der Waals surface area contributed by atoms with E-state index in [1.807, 2.05) is 6.92 Å². The molecule has 0 saturated carbocycles. The Balaban J connectivity index is 1.69. The smallest absolute Gasteiger partial charge is 0.280 e. The van der Waals surface area contributed by atoms with Crippen molar-refractivity contribution in [2.24, 2.45) is 0 Å². The van der Waals surface area contributed by atoms with Gasteiger partial charge in [-0.1, -0.05) is 22.0 Å². The Labute approximate surface area is 146 Å². The molecule has 0 unspecified atom stereocenters. The molecule has 0 bridgehead atoms. The van der Waals surface area contributed by atoms with Crippen LogP contribution in [0, 0.1) is 12.7 Å². The van der Waals surface area contributed by atoms with Gasteiger partial charge in [-0.3, -0.25) is 0 Å². The van der Waals surface area contributed by atoms with Gasteiger partial charge in [-0.25, -0.2) is 9.07 Å². The van der Waals surface area contributed by atoms with Crippen LogP contribution in [-0.4, -0.2) is 25.1 Å². The second-order valence-electron chi connectivity index (χ2n) is 5.34. The van der Waals surface area contributed by atoms with Crippen molar-refractivity contribution in [1.82, 2.24) is 25.1 Å². The molecule has 25 heavy (non-hydrogen) atoms. The number of nitrogens with zero attached hydrogens (tertiary/aromatic N) is 5. The summed E-state index contributed by atoms with van der Waals surface area (Å²) in [5.74, 6) is 0.379. The molecule has 0 radical (unpaired) electrons. The van der Waals surface area contributed by atoms with Gasteiger partial charge in [0.1, 0.15) is 5.82 Å². The monoisotopic (exact) mass is 355 g/mol. The van der Waals surface area contributed by atoms with Crippen LogP contribution in [0.5, 0.6) is 0 Å². The summed E-state index contributed by atoms with van der Waals surface area (Å²) >= 11 is 5.88. The summed E-state index contributed by atoms with van der Waals surface area (Å²) in [6, 6.07) is 13.1. The van der Waals surface area contributed by atoms with Crippen molar-refractivity contribution in [3.05, 3.63) is 65.1 Å². The molecule has 124 valence electrons. The average Bonchev–Trinajstić information content (AvgIpc) is 3.23. The van der Waals surface area contributed by atoms with Crippen LogP contribution < -0.4 is 0 Å². The van der Waals surface area contributed by atoms with Crippen molar-refractivity contribution >= 4 is 11.6 Å². The van der Waals surface area contributed by atoms with Crippen molar-refractivity contribution in [1.29, 1.82) is 0 Å². The molecule has 2 aromatic carbocycles. The van der Waals surface area contributed by atoms with Gasteiger partial charge in [0.2, 0.25) is 5.82 Å². The van der Waals surface area contributed by atoms with E-state index < -0.39 is 0 Å². The molecule has 0 aliphatic carbocycles. The van der Waals surface area contributed by atoms with Crippen LogP contribution in [0.1, 0.15) is 5.69 Å². The van der Waals surface area contributed by atoms with Gasteiger partial charge in [0.05, 0.1) is 11.4 Å². The number of aromatic nitrogens is 5. The van der Waals surface area contributed by atoms with Crippen LogP contribution in [0.4, 0.5) is 4.39 Å². The van der Waals surface area contributed by atoms with Gasteiger partial charge < -0.3 is 4.52 Å². The maximum Gasteiger partial charge on any atom is 0.280 e. The van der Waals surface area contributed by atoms with Crippen molar-refractivity contribution in [3.8, 4) is 28.7 Å². The molecule has 0 aliphatic rings. The molecule has 8 heteroatoms. The molecule has 2 heterocycles. The molecule has 0 fully saturated rings. The minimum absolute atomic E-state index is 0.260. The van der Waals surface area contributed by atoms with Crippen LogP contribution in [0.3, 0.4) is 0 Å². The summed E-state index contributed by atoms with van der Waals surface area (Å²) < 4.78 is 20.0. The SMILES string of the molecule is Cc1c(-c2nc(-c3ccc(Cl)cc3)no2)nnn1-c1ccc(F)cc1. The first-order valence-electron chi connectivity index (χ1n) is 7.40. The van der Waals surface area contributed by atoms with E-state index in [1.54, 1.807) is 41.1 Å². The third-order valence-corrected chi connectivity index (χ3v) is 3.95. The molecule has 4 aromatic rings. The minimum atomic E-state index is -0.314. The van der Waals surface area contributed by atoms with Gasteiger partial charge in [-0.15, -0.1) is 5.10 Å². The van der Waals surface area contributed by atoms with Gasteiger partial charge in [-0.2, -0.15) is 4.98 Å². The fourth-order valence-corrected chi connectivity index (χ4v) is 2.52. The molecule has 0 saturated heterocycles. The molecule has 0 aliphatic heterocycles. The van der Waals surface area contributed by atoms with E-state index in [-0.39, 0.29) is 11.7 Å². The van der Waals surface area contributed by atoms with Crippen LogP contribution >= 0.6 is 11.6 Å². The summed E-state index contributed by atoms with van der Waals surface area (Å²) in [6.07, 6.45) is 0. The van der Waals surface area contributed by atoms with Crippen molar-refractivity contribution in [3.63, 3.8) is 0 Å². The van der Waals surface area contributed by atoms with Gasteiger partial charge in [-0.05, 0) is 55.5 Å². The third kappa shape index (κ3) is 2.89. The molecule has 0 atom stereocenters. The fraction of sp³-hybridized carbons (Fsp3) is 0.0588. The summed E-state index contributed by atoms with van der Waals surface area (Å²) in [5, 5.41) is 12.8. The van der Waals surface area contributed by atoms with E-state index >= 15 is 0 Å². The second-order valence-corrected chi connectivity index (χ2v) is 5.78. The summed E-state index contributed by atoms with van der Waals surface area (Å²) in [7, 11) is 0. The zero-order chi connectivity index (χ0) is 17.4. The number of rotatable bonds is 3. The molecule has 0 N–H and O–H groups in total. The normalized spacial score (nSPS) is 11.0. The van der Waals surface area contributed by atoms with Crippen LogP contribution in [-0.2, 0) is 0 Å². The van der Waals surface area contributed by atoms with E-state index in [1.165, 1.54) is 12.1 Å². The maximum absolute atomic E-state index is 13.1. The largest absolute Gasteiger partial charge is 0.332 e. The number of halogens is 2. The third-order valence-electron chi connectivity index (χ3n) is 3.70. The number of hydrogen-bond donors (Lipinski definition) is 0. The lowest BCUT2D eigenvalue weighted by molar-refractivity contribution is 0.430. The van der Waals surface area contributed by atoms with Gasteiger partial charge in [0, 0.05) is 10.6 Å². The quantitative estimate of drug-likeness (QED) is 0.553. The lowest BCUT2D eigenvalue weighted by Gasteiger charge is -2.02. The van der Waals surface area contributed by atoms with E-state index in [2.05, 4.69) is 20.5 Å². The Morgan fingerprint density at radius 1 is 1.04 bits per heavy atom. The Kier molecular flexibility index (Phi) is 3.77. The standard InChI is InChI=1S/C17H11ClFN5O/c1-10-15(21-23-24(10)14-8-6-13(19)7-9-14)17-20-16(22-25-17)11-2-4-12(18)5-3-11/h2-9H,1H3. The van der Waals surface area contributed by atoms with Crippen molar-refractivity contribution < 1.29 is 8.91 Å². The molecule has 2 aromatic heterocycles. The van der Waals surface area contributed by atoms with E-state index in [0.717, 1.165) is 5.56 Å². The molecular weight excluding hydrogens is 345 g/mol. The molecular formula is C17H11ClFN5O. The Bertz CT molecular complexity index is 1020. The van der Waals surface area contributed by atoms with Crippen molar-refractivity contribution in [2.45, 2.75) is 6.92 Å². The lowest BCUT2D eigenvalue weighted by atomic mass is 10.2. The highest BCUT2D eigenvalue weighted by atomic mass is 35.5. The molecule has 0 amide bonds. The van der Waals surface area contributed by atoms with Crippen LogP contribution in [0.15, 0.2) is 53.1 Å². The van der Waals surface area contributed by atoms with Crippen LogP contribution in [0.25, 0.3) is 28.7 Å². The highest BCUT2D eigenvalue weighted by molar-refractivity contribution is 6.30. The zero-order valence-electron chi connectivity index (χ0n) is 13.0. The first-order valence-corrected chi connectivity index (χ1v) is 7.78. The average molecular weight is 356 g/mol. The molecule has 0 spiro atoms. The predicted octanol–water partition coefficient (Wildman–Crippen LogP) is 4.09. The minimum Gasteiger partial charge on any atom is -0.332 e. The summed E-state index contributed by atoms with van der Waals surface area (Å²) in [6.45, 7) is 1.82. The molecule has 4 rings (SSSR count). The highest BCUT2D eigenvalue weighted by Gasteiger charge is 2.19. The lowest BCUT2D eigenvalue weighted by Crippen LogP contribution is -1.99. The van der Waals surface area contributed by atoms with E-state index in [4.69, 9.17) is 16.1 Å². The number of benzene rings is 2. The molecule has 6 nitrogen and oxygen atoms in total. The summed E-state index contributed by atoms with van der Waals surface area (Å²) in [4.78, 5) is 4.37. The van der Waals surface area contributed by atoms with Gasteiger partial charge >= 0.3 is 0 Å². The van der Waals surface area contributed by atoms with E-state index in [9.17, 15) is 4.39 Å². The van der Waals surface area contributed by atoms with E-state index in [0.29, 0.717) is 27.9 Å². The Morgan fingerprint density at radius 2 is 1.76 bits per heavy atom. The maximum atomic E-state index is 13.1. The Morgan fingerprint density at radius 3 is 2.48 bits per heavy atom. The first-order chi connectivity index (χ1) is 12.1. The van der Waals surface area contributed by atoms with Crippen LogP contribution in [0.2, 0.25) is 5.02 Å². The number of hydrogen-bond acceptors (Lipinski definition) is 5. The van der Waals surface area contributed by atoms with Crippen molar-refractivity contribution in [2.75, 3.05) is 0 Å². The summed E-state index contributed by atoms with van der Waals surface area (Å²) in [5.41, 5.74) is 2.65. The fourth-order valence-electron chi connectivity index (χ4n) is 2.39. The topological polar surface area (TPSA) is 69.6 Å². The Hall–Kier alpha value is -3.06. The first kappa shape index (κ1) is 15.5. The zero-order valence-corrected chi connectivity index (χ0v) is 13.8. The van der Waals surface area contributed by atoms with Gasteiger partial charge in [0.15, 0.2) is 5.69 Å².